The second-order valence-corrected chi connectivity index (χ2v) is 8.41. The van der Waals surface area contributed by atoms with Crippen LogP contribution in [0.2, 0.25) is 0 Å². The van der Waals surface area contributed by atoms with Crippen LogP contribution in [0.1, 0.15) is 0 Å². The lowest BCUT2D eigenvalue weighted by Crippen LogP contribution is -2.50. The highest BCUT2D eigenvalue weighted by molar-refractivity contribution is 5.95. The number of fused-ring (bicyclic) bond motifs is 1. The van der Waals surface area contributed by atoms with Gasteiger partial charge in [0.25, 0.3) is 0 Å². The monoisotopic (exact) mass is 484 g/mol. The third kappa shape index (κ3) is 4.98. The van der Waals surface area contributed by atoms with Gasteiger partial charge in [-0.15, -0.1) is 0 Å². The van der Waals surface area contributed by atoms with Gasteiger partial charge in [-0.3, -0.25) is 0 Å². The number of carbonyl (C=O) groups excluding carboxylic acids is 1. The molecule has 0 bridgehead atoms. The number of carbonyl (C=O) groups is 1. The van der Waals surface area contributed by atoms with E-state index in [2.05, 4.69) is 15.2 Å². The van der Waals surface area contributed by atoms with Crippen molar-refractivity contribution in [3.8, 4) is 23.0 Å². The summed E-state index contributed by atoms with van der Waals surface area (Å²) in [5, 5.41) is 5.00. The molecule has 8 heteroatoms. The zero-order chi connectivity index (χ0) is 24.9. The maximum Gasteiger partial charge on any atom is 0.321 e. The minimum Gasteiger partial charge on any atom is -0.493 e. The highest BCUT2D eigenvalue weighted by Crippen LogP contribution is 2.36. The Morgan fingerprint density at radius 1 is 0.833 bits per heavy atom. The normalized spacial score (nSPS) is 13.4. The van der Waals surface area contributed by atoms with Crippen molar-refractivity contribution in [3.05, 3.63) is 79.0 Å². The second kappa shape index (κ2) is 10.4. The highest BCUT2D eigenvalue weighted by Gasteiger charge is 2.23. The zero-order valence-corrected chi connectivity index (χ0v) is 20.3. The van der Waals surface area contributed by atoms with Crippen LogP contribution in [0.15, 0.2) is 79.0 Å². The number of para-hydroxylation sites is 1. The first-order valence-corrected chi connectivity index (χ1v) is 11.8. The quantitative estimate of drug-likeness (QED) is 0.395. The summed E-state index contributed by atoms with van der Waals surface area (Å²) in [6.07, 6.45) is 1.80. The number of pyridine rings is 1. The fraction of sp³-hybridized carbons (Fsp3) is 0.214. The molecule has 36 heavy (non-hydrogen) atoms. The van der Waals surface area contributed by atoms with Crippen molar-refractivity contribution in [1.82, 2.24) is 9.88 Å². The molecule has 1 aromatic heterocycles. The van der Waals surface area contributed by atoms with Crippen molar-refractivity contribution in [2.75, 3.05) is 50.6 Å². The Hall–Kier alpha value is -4.46. The van der Waals surface area contributed by atoms with Gasteiger partial charge < -0.3 is 29.3 Å². The standard InChI is InChI=1S/C28H28N4O4/c1-34-25-18-20-12-13-29-27(24(20)19-26(25)35-2)31-14-16-32(17-15-31)28(33)30-21-8-10-23(11-9-21)36-22-6-4-3-5-7-22/h3-13,18-19H,14-17H2,1-2H3,(H,30,33). The Bertz CT molecular complexity index is 1340. The number of aromatic nitrogens is 1. The summed E-state index contributed by atoms with van der Waals surface area (Å²) in [7, 11) is 3.25. The molecule has 5 rings (SSSR count). The van der Waals surface area contributed by atoms with E-state index in [1.807, 2.05) is 77.7 Å². The average Bonchev–Trinajstić information content (AvgIpc) is 2.93. The van der Waals surface area contributed by atoms with E-state index in [0.29, 0.717) is 43.4 Å². The van der Waals surface area contributed by atoms with Crippen LogP contribution in [-0.2, 0) is 0 Å². The number of rotatable bonds is 6. The number of benzene rings is 3. The predicted molar refractivity (Wildman–Crippen MR) is 141 cm³/mol. The van der Waals surface area contributed by atoms with Crippen LogP contribution in [-0.4, -0.2) is 56.3 Å². The van der Waals surface area contributed by atoms with E-state index in [0.717, 1.165) is 28.0 Å². The van der Waals surface area contributed by atoms with Crippen LogP contribution in [0.5, 0.6) is 23.0 Å². The SMILES string of the molecule is COc1cc2ccnc(N3CCN(C(=O)Nc4ccc(Oc5ccccc5)cc4)CC3)c2cc1OC. The molecular formula is C28H28N4O4. The van der Waals surface area contributed by atoms with Crippen molar-refractivity contribution in [1.29, 1.82) is 0 Å². The Balaban J connectivity index is 1.21. The second-order valence-electron chi connectivity index (χ2n) is 8.41. The number of hydrogen-bond acceptors (Lipinski definition) is 6. The molecule has 2 heterocycles. The van der Waals surface area contributed by atoms with Crippen molar-refractivity contribution < 1.29 is 19.0 Å². The molecule has 1 fully saturated rings. The molecule has 0 saturated carbocycles. The van der Waals surface area contributed by atoms with Gasteiger partial charge in [0.2, 0.25) is 0 Å². The zero-order valence-electron chi connectivity index (χ0n) is 20.3. The summed E-state index contributed by atoms with van der Waals surface area (Å²) in [5.74, 6) is 3.71. The minimum atomic E-state index is -0.122. The molecule has 8 nitrogen and oxygen atoms in total. The van der Waals surface area contributed by atoms with Gasteiger partial charge in [0.15, 0.2) is 11.5 Å². The first-order valence-electron chi connectivity index (χ1n) is 11.8. The van der Waals surface area contributed by atoms with E-state index in [1.54, 1.807) is 20.4 Å². The van der Waals surface area contributed by atoms with Crippen LogP contribution in [0.25, 0.3) is 10.8 Å². The molecule has 4 aromatic rings. The number of anilines is 2. The molecule has 1 saturated heterocycles. The number of piperazine rings is 1. The molecule has 1 aliphatic heterocycles. The Morgan fingerprint density at radius 2 is 1.50 bits per heavy atom. The van der Waals surface area contributed by atoms with Crippen molar-refractivity contribution in [2.24, 2.45) is 0 Å². The molecule has 0 radical (unpaired) electrons. The summed E-state index contributed by atoms with van der Waals surface area (Å²) in [6, 6.07) is 22.7. The molecule has 1 N–H and O–H groups in total. The van der Waals surface area contributed by atoms with E-state index in [9.17, 15) is 4.79 Å². The number of nitrogens with zero attached hydrogens (tertiary/aromatic N) is 3. The van der Waals surface area contributed by atoms with Crippen LogP contribution >= 0.6 is 0 Å². The van der Waals surface area contributed by atoms with Gasteiger partial charge >= 0.3 is 6.03 Å². The lowest BCUT2D eigenvalue weighted by Gasteiger charge is -2.35. The van der Waals surface area contributed by atoms with Gasteiger partial charge in [0.1, 0.15) is 17.3 Å². The Morgan fingerprint density at radius 3 is 2.19 bits per heavy atom. The first kappa shape index (κ1) is 23.3. The Labute approximate surface area is 210 Å². The smallest absolute Gasteiger partial charge is 0.321 e. The summed E-state index contributed by atoms with van der Waals surface area (Å²) in [6.45, 7) is 2.54. The average molecular weight is 485 g/mol. The van der Waals surface area contributed by atoms with E-state index in [-0.39, 0.29) is 6.03 Å². The van der Waals surface area contributed by atoms with Crippen LogP contribution in [0, 0.1) is 0 Å². The Kier molecular flexibility index (Phi) is 6.75. The maximum absolute atomic E-state index is 12.9. The molecule has 0 spiro atoms. The third-order valence-electron chi connectivity index (χ3n) is 6.20. The van der Waals surface area contributed by atoms with Crippen molar-refractivity contribution >= 4 is 28.3 Å². The van der Waals surface area contributed by atoms with Gasteiger partial charge in [-0.25, -0.2) is 9.78 Å². The van der Waals surface area contributed by atoms with Crippen LogP contribution in [0.4, 0.5) is 16.3 Å². The fourth-order valence-electron chi connectivity index (χ4n) is 4.29. The number of ether oxygens (including phenoxy) is 3. The summed E-state index contributed by atoms with van der Waals surface area (Å²) in [5.41, 5.74) is 0.722. The van der Waals surface area contributed by atoms with Gasteiger partial charge in [-0.05, 0) is 60.0 Å². The first-order chi connectivity index (χ1) is 17.6. The van der Waals surface area contributed by atoms with Gasteiger partial charge in [-0.1, -0.05) is 18.2 Å². The topological polar surface area (TPSA) is 76.2 Å². The lowest BCUT2D eigenvalue weighted by molar-refractivity contribution is 0.208. The number of nitrogens with one attached hydrogen (secondary N) is 1. The fourth-order valence-corrected chi connectivity index (χ4v) is 4.29. The summed E-state index contributed by atoms with van der Waals surface area (Å²) < 4.78 is 16.7. The van der Waals surface area contributed by atoms with E-state index in [1.165, 1.54) is 0 Å². The van der Waals surface area contributed by atoms with Crippen LogP contribution < -0.4 is 24.4 Å². The number of hydrogen-bond donors (Lipinski definition) is 1. The third-order valence-corrected chi connectivity index (χ3v) is 6.20. The molecule has 0 unspecified atom stereocenters. The molecule has 3 aromatic carbocycles. The molecular weight excluding hydrogens is 456 g/mol. The van der Waals surface area contributed by atoms with E-state index >= 15 is 0 Å². The van der Waals surface area contributed by atoms with Crippen LogP contribution in [0.3, 0.4) is 0 Å². The minimum absolute atomic E-state index is 0.122. The number of urea groups is 1. The van der Waals surface area contributed by atoms with Gasteiger partial charge in [-0.2, -0.15) is 0 Å². The molecule has 1 aliphatic rings. The van der Waals surface area contributed by atoms with E-state index in [4.69, 9.17) is 14.2 Å². The summed E-state index contributed by atoms with van der Waals surface area (Å²) >= 11 is 0. The number of methoxy groups -OCH3 is 2. The van der Waals surface area contributed by atoms with Crippen molar-refractivity contribution in [2.45, 2.75) is 0 Å². The van der Waals surface area contributed by atoms with Gasteiger partial charge in [0.05, 0.1) is 14.2 Å². The molecule has 2 amide bonds. The molecule has 184 valence electrons. The summed E-state index contributed by atoms with van der Waals surface area (Å²) in [4.78, 5) is 21.5. The van der Waals surface area contributed by atoms with Crippen molar-refractivity contribution in [3.63, 3.8) is 0 Å². The largest absolute Gasteiger partial charge is 0.493 e. The molecule has 0 atom stereocenters. The predicted octanol–water partition coefficient (Wildman–Crippen LogP) is 5.40. The number of amides is 2. The highest BCUT2D eigenvalue weighted by atomic mass is 16.5. The lowest BCUT2D eigenvalue weighted by atomic mass is 10.1. The van der Waals surface area contributed by atoms with E-state index < -0.39 is 0 Å². The maximum atomic E-state index is 12.9. The van der Waals surface area contributed by atoms with Gasteiger partial charge in [0, 0.05) is 43.4 Å². The molecule has 0 aliphatic carbocycles.